The predicted molar refractivity (Wildman–Crippen MR) is 603 cm³/mol. The molecular weight excluding hydrogens is 2560 g/mol. The van der Waals surface area contributed by atoms with Crippen molar-refractivity contribution in [2.24, 2.45) is 0 Å². The van der Waals surface area contributed by atoms with Crippen LogP contribution in [0.2, 0.25) is 0 Å². The van der Waals surface area contributed by atoms with Crippen molar-refractivity contribution in [3.8, 4) is 44.5 Å². The number of para-hydroxylation sites is 3. The van der Waals surface area contributed by atoms with E-state index in [1.165, 1.54) is 34.0 Å². The van der Waals surface area contributed by atoms with Crippen molar-refractivity contribution in [3.05, 3.63) is 291 Å². The van der Waals surface area contributed by atoms with E-state index < -0.39 is 45.6 Å². The predicted octanol–water partition coefficient (Wildman–Crippen LogP) is 24.8. The Morgan fingerprint density at radius 3 is 1.01 bits per heavy atom. The molecular formula is C104H107Br5ClN9O16S3Se5. The zero-order chi connectivity index (χ0) is 105. The third kappa shape index (κ3) is 40.4. The molecule has 39 heteroatoms. The SMILES string of the molecule is C1COCCN1.CC(=O)c1ccc(Br)cc1.CC(C)(C)OC(=O)c1c(-c2ccc(Br)cc2)c[se]c1N.CC(C)(C)OC(=O)c1c(-c2ccc(Br)cc2)c[se]c1N.CC(C)(C)OC(=O)c1c(-c2ccc(Br)cc2)c[se]c1NC(=O)c1nc2ccccc2s1.COC(C)(C)C.O=C(Cl)c1nc2ccccc2s1.O=C(Nc1[se]cc(-c2ccc(Br)cc2)c1C(=O)O)c1nc2ccccc2s1.[C-]#[N+]CC(=O)OC(C)(C)C.[SeH2]. The number of carbonyl (C=O) groups excluding carboxylic acids is 8. The Labute approximate surface area is 924 Å². The number of methoxy groups -OCH3 is 1. The summed E-state index contributed by atoms with van der Waals surface area (Å²) in [7, 11) is 1.71. The number of Topliss-reactive ketones (excluding diaryl/α,β-unsaturated/α-hetero) is 1. The van der Waals surface area contributed by atoms with Crippen LogP contribution in [0.15, 0.2) is 236 Å². The van der Waals surface area contributed by atoms with Gasteiger partial charge >= 0.3 is 668 Å². The van der Waals surface area contributed by atoms with Gasteiger partial charge in [-0.05, 0) is 84.3 Å². The fourth-order valence-electron chi connectivity index (χ4n) is 11.7. The first-order valence-corrected chi connectivity index (χ1v) is 57.4. The van der Waals surface area contributed by atoms with Crippen molar-refractivity contribution in [3.63, 3.8) is 0 Å². The number of amides is 2. The number of carbonyl (C=O) groups is 9. The summed E-state index contributed by atoms with van der Waals surface area (Å²) in [6, 6.07) is 60.8. The second-order valence-corrected chi connectivity index (χ2v) is 50.6. The van der Waals surface area contributed by atoms with E-state index >= 15 is 0 Å². The summed E-state index contributed by atoms with van der Waals surface area (Å²) in [5, 5.41) is 19.1. The van der Waals surface area contributed by atoms with E-state index in [9.17, 15) is 48.3 Å². The number of ether oxygens (including phenoxy) is 6. The van der Waals surface area contributed by atoms with Gasteiger partial charge in [-0.3, -0.25) is 9.59 Å². The standard InChI is InChI=1S/C23H19BrN2O3SSe.C19H11BrN2O3SSe.2C15H16BrNO2Se.C8H7BrO.C8H4ClNOS.C7H11NO2.C5H12O.C4H9NO.H2Se/c1-23(2,3)29-22(28)18-15(13-8-10-14(24)11-9-13)12-31-21(18)26-19(27)20-25-16-6-4-5-7-17(16)30-20;20-11-7-5-10(6-8-11)12-9-27-18(15(12)19(24)25)22-16(23)17-21-13-3-1-2-4-14(13)26-17;2*1-15(2,3)19-14(18)12-11(8-20-13(12)17)9-4-6-10(16)7-5-9;1-6(10)7-2-4-8(9)5-3-7;9-7(11)8-10-5-3-1-2-4-6(5)12-8;1-7(2,3)10-6(9)5-8-4;1-5(2,3)6-4;1-3-6-4-2-5-1;/h4-12H,1-3H3,(H,26,27);1-9H,(H,22,23)(H,24,25);2*4-8H,17H2,1-3H3;2-5H,1H3;1-4H;5H2,1-3H3;1-4H3;5H,1-4H2;1H2. The number of thiazole rings is 3. The molecule has 2 amide bonds. The molecule has 0 aliphatic carbocycles. The van der Waals surface area contributed by atoms with E-state index in [-0.39, 0.29) is 122 Å². The van der Waals surface area contributed by atoms with E-state index in [1.807, 2.05) is 285 Å². The van der Waals surface area contributed by atoms with Crippen molar-refractivity contribution in [2.45, 2.75) is 139 Å². The van der Waals surface area contributed by atoms with Crippen molar-refractivity contribution in [1.82, 2.24) is 20.3 Å². The minimum absolute atomic E-state index is 0. The monoisotopic (exact) mass is 2660 g/mol. The molecule has 8 heterocycles. The molecule has 8 aromatic carbocycles. The number of carboxylic acids is 1. The number of nitrogens with two attached hydrogens (primary N) is 2. The van der Waals surface area contributed by atoms with Gasteiger partial charge in [0.2, 0.25) is 0 Å². The van der Waals surface area contributed by atoms with Crippen LogP contribution in [0.4, 0.5) is 18.2 Å². The van der Waals surface area contributed by atoms with Crippen LogP contribution in [0.25, 0.3) is 80.0 Å². The van der Waals surface area contributed by atoms with Crippen LogP contribution in [0.3, 0.4) is 0 Å². The molecule has 1 saturated heterocycles. The van der Waals surface area contributed by atoms with E-state index in [0.29, 0.717) is 55.5 Å². The number of hydrogen-bond acceptors (Lipinski definition) is 24. The van der Waals surface area contributed by atoms with Crippen molar-refractivity contribution >= 4 is 302 Å². The van der Waals surface area contributed by atoms with Gasteiger partial charge in [0.05, 0.1) is 29.0 Å². The first-order chi connectivity index (χ1) is 66.8. The molecule has 0 saturated carbocycles. The summed E-state index contributed by atoms with van der Waals surface area (Å²) >= 11 is 25.6. The number of halogens is 6. The third-order valence-corrected chi connectivity index (χ3v) is 31.3. The van der Waals surface area contributed by atoms with Gasteiger partial charge in [0.25, 0.3) is 5.24 Å². The second kappa shape index (κ2) is 57.0. The van der Waals surface area contributed by atoms with E-state index in [2.05, 4.69) is 115 Å². The Hall–Kier alpha value is -8.76. The number of aromatic nitrogens is 3. The molecule has 0 bridgehead atoms. The zero-order valence-electron chi connectivity index (χ0n) is 81.0. The average Bonchev–Trinajstić information content (AvgIpc) is 1.69. The van der Waals surface area contributed by atoms with Crippen LogP contribution < -0.4 is 27.4 Å². The normalized spacial score (nSPS) is 11.5. The number of nitrogen functional groups attached to an aromatic ring is 2. The molecule has 15 aromatic rings. The molecule has 1 aliphatic rings. The fraction of sp³-hybridized carbons (Fsp3) is 0.260. The first kappa shape index (κ1) is 121. The number of ketones is 1. The summed E-state index contributed by atoms with van der Waals surface area (Å²) < 4.78 is 41.3. The topological polar surface area (TPSA) is 360 Å². The van der Waals surface area contributed by atoms with E-state index in [4.69, 9.17) is 58.1 Å². The Balaban J connectivity index is 0.000000228. The van der Waals surface area contributed by atoms with Gasteiger partial charge < -0.3 is 24.4 Å². The van der Waals surface area contributed by atoms with Crippen LogP contribution in [0, 0.1) is 6.57 Å². The van der Waals surface area contributed by atoms with Crippen LogP contribution in [0.1, 0.15) is 192 Å². The van der Waals surface area contributed by atoms with Crippen LogP contribution in [-0.4, -0.2) is 216 Å². The number of carboxylic acid groups (broad SMARTS) is 1. The Morgan fingerprint density at radius 1 is 0.441 bits per heavy atom. The summed E-state index contributed by atoms with van der Waals surface area (Å²) in [6.45, 7) is 39.5. The number of fused-ring (bicyclic) bond motifs is 3. The molecule has 754 valence electrons. The molecule has 0 spiro atoms. The molecule has 0 atom stereocenters. The number of aromatic carboxylic acids is 1. The van der Waals surface area contributed by atoms with Gasteiger partial charge in [-0.15, -0.1) is 11.3 Å². The molecule has 1 fully saturated rings. The first-order valence-electron chi connectivity index (χ1n) is 43.3. The second-order valence-electron chi connectivity index (χ2n) is 35.1. The van der Waals surface area contributed by atoms with Crippen molar-refractivity contribution in [1.29, 1.82) is 0 Å². The van der Waals surface area contributed by atoms with Gasteiger partial charge in [-0.2, -0.15) is 0 Å². The van der Waals surface area contributed by atoms with Crippen molar-refractivity contribution < 1.29 is 76.7 Å². The Morgan fingerprint density at radius 2 is 0.727 bits per heavy atom. The van der Waals surface area contributed by atoms with Crippen LogP contribution in [0.5, 0.6) is 0 Å². The number of anilines is 4. The summed E-state index contributed by atoms with van der Waals surface area (Å²) in [4.78, 5) is 131. The van der Waals surface area contributed by atoms with Crippen LogP contribution >= 0.6 is 125 Å². The fourth-order valence-corrected chi connectivity index (χ4v) is 23.1. The number of morpholine rings is 1. The zero-order valence-corrected chi connectivity index (χ0v) is 101. The maximum absolute atomic E-state index is 13.1. The third-order valence-electron chi connectivity index (χ3n) is 18.1. The molecule has 25 nitrogen and oxygen atoms in total. The Kier molecular flexibility index (Phi) is 48.3. The molecule has 0 radical (unpaired) electrons. The number of nitrogens with one attached hydrogen (secondary N) is 3. The molecule has 1 aliphatic heterocycles. The van der Waals surface area contributed by atoms with Gasteiger partial charge in [0, 0.05) is 30.2 Å². The number of nitrogens with zero attached hydrogens (tertiary/aromatic N) is 4. The molecule has 7 aromatic heterocycles. The van der Waals surface area contributed by atoms with Crippen molar-refractivity contribution in [2.75, 3.05) is 62.1 Å². The summed E-state index contributed by atoms with van der Waals surface area (Å²) in [5.41, 5.74) is 21.4. The molecule has 0 unspecified atom stereocenters. The van der Waals surface area contributed by atoms with Gasteiger partial charge in [-0.1, -0.05) is 40.2 Å². The van der Waals surface area contributed by atoms with Gasteiger partial charge in [0.1, 0.15) is 5.60 Å². The Bertz CT molecular complexity index is 6670. The van der Waals surface area contributed by atoms with Crippen LogP contribution in [-0.2, 0) is 33.2 Å². The number of hydrogen-bond donors (Lipinski definition) is 6. The molecule has 16 rings (SSSR count). The van der Waals surface area contributed by atoms with E-state index in [1.54, 1.807) is 46.9 Å². The number of rotatable bonds is 15. The number of benzene rings is 8. The quantitative estimate of drug-likeness (QED) is 0.0139. The maximum atomic E-state index is 13.1. The summed E-state index contributed by atoms with van der Waals surface area (Å²) in [6.07, 6.45) is 0. The summed E-state index contributed by atoms with van der Waals surface area (Å²) in [5.74, 6) is -3.23. The average molecular weight is 2670 g/mol. The minimum atomic E-state index is -1.05. The number of esters is 4. The van der Waals surface area contributed by atoms with Gasteiger partial charge in [-0.25, -0.2) is 16.4 Å². The molecule has 143 heavy (non-hydrogen) atoms. The molecule has 8 N–H and O–H groups in total. The van der Waals surface area contributed by atoms with E-state index in [0.717, 1.165) is 124 Å². The van der Waals surface area contributed by atoms with Gasteiger partial charge in [0.15, 0.2) is 10.8 Å².